The largest absolute Gasteiger partial charge is 0.466 e. The van der Waals surface area contributed by atoms with Crippen LogP contribution in [-0.4, -0.2) is 25.7 Å². The first kappa shape index (κ1) is 16.4. The molecule has 1 aromatic rings. The van der Waals surface area contributed by atoms with Gasteiger partial charge in [0.15, 0.2) is 0 Å². The van der Waals surface area contributed by atoms with Gasteiger partial charge in [0.2, 0.25) is 0 Å². The number of carbonyl (C=O) groups is 1. The third-order valence-electron chi connectivity index (χ3n) is 2.69. The fourth-order valence-electron chi connectivity index (χ4n) is 1.68. The predicted molar refractivity (Wildman–Crippen MR) is 70.7 cm³/mol. The zero-order chi connectivity index (χ0) is 15.0. The topological polar surface area (TPSA) is 47.6 Å². The number of benzene rings is 1. The maximum Gasteiger partial charge on any atom is 0.387 e. The molecule has 0 saturated heterocycles. The van der Waals surface area contributed by atoms with E-state index >= 15 is 0 Å². The van der Waals surface area contributed by atoms with E-state index in [4.69, 9.17) is 4.74 Å². The molecule has 0 aliphatic rings. The Labute approximate surface area is 117 Å². The monoisotopic (exact) mass is 287 g/mol. The van der Waals surface area contributed by atoms with E-state index in [2.05, 4.69) is 10.1 Å². The van der Waals surface area contributed by atoms with Gasteiger partial charge in [0, 0.05) is 12.6 Å². The summed E-state index contributed by atoms with van der Waals surface area (Å²) in [7, 11) is 0. The summed E-state index contributed by atoms with van der Waals surface area (Å²) in [6.07, 6.45) is 0.296. The molecule has 1 atom stereocenters. The zero-order valence-electron chi connectivity index (χ0n) is 11.6. The number of hydrogen-bond acceptors (Lipinski definition) is 4. The van der Waals surface area contributed by atoms with Crippen molar-refractivity contribution in [1.29, 1.82) is 0 Å². The van der Waals surface area contributed by atoms with Crippen molar-refractivity contribution in [1.82, 2.24) is 5.32 Å². The smallest absolute Gasteiger partial charge is 0.387 e. The molecule has 0 aromatic heterocycles. The molecule has 1 unspecified atom stereocenters. The molecule has 4 nitrogen and oxygen atoms in total. The van der Waals surface area contributed by atoms with Gasteiger partial charge in [-0.05, 0) is 31.5 Å². The molecule has 0 fully saturated rings. The van der Waals surface area contributed by atoms with Gasteiger partial charge in [0.1, 0.15) is 5.75 Å². The second-order valence-corrected chi connectivity index (χ2v) is 4.18. The minimum atomic E-state index is -2.82. The van der Waals surface area contributed by atoms with E-state index in [1.165, 1.54) is 12.1 Å². The zero-order valence-corrected chi connectivity index (χ0v) is 11.6. The summed E-state index contributed by atoms with van der Waals surface area (Å²) in [6.45, 7) is 1.74. The molecule has 0 bridgehead atoms. The quantitative estimate of drug-likeness (QED) is 0.747. The third-order valence-corrected chi connectivity index (χ3v) is 2.69. The Bertz CT molecular complexity index is 409. The minimum absolute atomic E-state index is 0.00465. The van der Waals surface area contributed by atoms with E-state index in [9.17, 15) is 13.6 Å². The number of esters is 1. The molecule has 0 spiro atoms. The summed E-state index contributed by atoms with van der Waals surface area (Å²) in [5, 5.41) is 3.16. The molecule has 0 radical (unpaired) electrons. The van der Waals surface area contributed by atoms with Gasteiger partial charge < -0.3 is 14.8 Å². The normalized spacial score (nSPS) is 12.2. The molecule has 0 amide bonds. The Morgan fingerprint density at radius 1 is 1.30 bits per heavy atom. The number of ether oxygens (including phenoxy) is 2. The maximum absolute atomic E-state index is 12.0. The lowest BCUT2D eigenvalue weighted by atomic mass is 10.1. The number of carbonyl (C=O) groups excluding carboxylic acids is 1. The number of nitrogens with one attached hydrogen (secondary N) is 1. The highest BCUT2D eigenvalue weighted by Gasteiger charge is 2.08. The van der Waals surface area contributed by atoms with Crippen LogP contribution in [0.25, 0.3) is 0 Å². The van der Waals surface area contributed by atoms with Gasteiger partial charge in [0.25, 0.3) is 0 Å². The van der Waals surface area contributed by atoms with Gasteiger partial charge in [-0.2, -0.15) is 8.78 Å². The van der Waals surface area contributed by atoms with Crippen LogP contribution in [0.2, 0.25) is 0 Å². The predicted octanol–water partition coefficient (Wildman–Crippen LogP) is 2.89. The summed E-state index contributed by atoms with van der Waals surface area (Å²) in [5.74, 6) is -0.115. The van der Waals surface area contributed by atoms with E-state index < -0.39 is 6.61 Å². The van der Waals surface area contributed by atoms with Crippen LogP contribution in [0.4, 0.5) is 8.78 Å². The highest BCUT2D eigenvalue weighted by Crippen LogP contribution is 2.19. The Balaban J connectivity index is 2.39. The van der Waals surface area contributed by atoms with E-state index in [1.54, 1.807) is 19.1 Å². The standard InChI is InChI=1S/C14H19F2NO3/c1-3-19-13(18)8-9-17-10(2)11-4-6-12(7-5-11)20-14(15)16/h4-7,10,14,17H,3,8-9H2,1-2H3. The third kappa shape index (κ3) is 5.97. The Hall–Kier alpha value is -1.69. The van der Waals surface area contributed by atoms with Crippen LogP contribution in [0.3, 0.4) is 0 Å². The molecule has 20 heavy (non-hydrogen) atoms. The van der Waals surface area contributed by atoms with Crippen LogP contribution in [0, 0.1) is 0 Å². The lowest BCUT2D eigenvalue weighted by Crippen LogP contribution is -2.22. The van der Waals surface area contributed by atoms with Crippen molar-refractivity contribution < 1.29 is 23.0 Å². The molecule has 1 N–H and O–H groups in total. The SMILES string of the molecule is CCOC(=O)CCNC(C)c1ccc(OC(F)F)cc1. The molecule has 0 aliphatic heterocycles. The Morgan fingerprint density at radius 2 is 1.95 bits per heavy atom. The summed E-state index contributed by atoms with van der Waals surface area (Å²) in [5.41, 5.74) is 0.926. The lowest BCUT2D eigenvalue weighted by molar-refractivity contribution is -0.143. The van der Waals surface area contributed by atoms with Crippen molar-refractivity contribution in [3.8, 4) is 5.75 Å². The van der Waals surface area contributed by atoms with Crippen molar-refractivity contribution in [2.45, 2.75) is 32.9 Å². The van der Waals surface area contributed by atoms with Crippen molar-refractivity contribution in [2.24, 2.45) is 0 Å². The molecule has 6 heteroatoms. The highest BCUT2D eigenvalue weighted by molar-refractivity contribution is 5.69. The highest BCUT2D eigenvalue weighted by atomic mass is 19.3. The second kappa shape index (κ2) is 8.47. The molecule has 1 aromatic carbocycles. The molecule has 0 heterocycles. The van der Waals surface area contributed by atoms with Gasteiger partial charge in [-0.1, -0.05) is 12.1 Å². The van der Waals surface area contributed by atoms with Crippen LogP contribution >= 0.6 is 0 Å². The average molecular weight is 287 g/mol. The number of alkyl halides is 2. The van der Waals surface area contributed by atoms with Gasteiger partial charge >= 0.3 is 12.6 Å². The van der Waals surface area contributed by atoms with Crippen molar-refractivity contribution in [3.05, 3.63) is 29.8 Å². The molecule has 0 aliphatic carbocycles. The minimum Gasteiger partial charge on any atom is -0.466 e. The van der Waals surface area contributed by atoms with E-state index in [0.29, 0.717) is 19.6 Å². The van der Waals surface area contributed by atoms with Gasteiger partial charge in [-0.25, -0.2) is 0 Å². The second-order valence-electron chi connectivity index (χ2n) is 4.18. The summed E-state index contributed by atoms with van der Waals surface area (Å²) in [6, 6.07) is 6.40. The first-order valence-corrected chi connectivity index (χ1v) is 6.46. The molecule has 0 saturated carbocycles. The first-order chi connectivity index (χ1) is 9.52. The Morgan fingerprint density at radius 3 is 2.50 bits per heavy atom. The summed E-state index contributed by atoms with van der Waals surface area (Å²) < 4.78 is 33.1. The van der Waals surface area contributed by atoms with Crippen molar-refractivity contribution in [2.75, 3.05) is 13.2 Å². The average Bonchev–Trinajstić information content (AvgIpc) is 2.39. The Kier molecular flexibility index (Phi) is 6.93. The van der Waals surface area contributed by atoms with E-state index in [-0.39, 0.29) is 17.8 Å². The van der Waals surface area contributed by atoms with Crippen LogP contribution in [0.15, 0.2) is 24.3 Å². The van der Waals surface area contributed by atoms with Crippen molar-refractivity contribution >= 4 is 5.97 Å². The first-order valence-electron chi connectivity index (χ1n) is 6.46. The van der Waals surface area contributed by atoms with Crippen LogP contribution in [0.5, 0.6) is 5.75 Å². The number of hydrogen-bond donors (Lipinski definition) is 1. The fourth-order valence-corrected chi connectivity index (χ4v) is 1.68. The number of rotatable bonds is 8. The van der Waals surface area contributed by atoms with Crippen LogP contribution in [0.1, 0.15) is 31.9 Å². The molecular weight excluding hydrogens is 268 g/mol. The molecule has 1 rings (SSSR count). The summed E-state index contributed by atoms with van der Waals surface area (Å²) in [4.78, 5) is 11.2. The number of halogens is 2. The van der Waals surface area contributed by atoms with Crippen LogP contribution < -0.4 is 10.1 Å². The fraction of sp³-hybridized carbons (Fsp3) is 0.500. The van der Waals surface area contributed by atoms with Crippen molar-refractivity contribution in [3.63, 3.8) is 0 Å². The van der Waals surface area contributed by atoms with Gasteiger partial charge in [-0.15, -0.1) is 0 Å². The van der Waals surface area contributed by atoms with Crippen LogP contribution in [-0.2, 0) is 9.53 Å². The van der Waals surface area contributed by atoms with Gasteiger partial charge in [-0.3, -0.25) is 4.79 Å². The summed E-state index contributed by atoms with van der Waals surface area (Å²) >= 11 is 0. The molecule has 112 valence electrons. The van der Waals surface area contributed by atoms with E-state index in [0.717, 1.165) is 5.56 Å². The lowest BCUT2D eigenvalue weighted by Gasteiger charge is -2.14. The van der Waals surface area contributed by atoms with E-state index in [1.807, 2.05) is 6.92 Å². The van der Waals surface area contributed by atoms with Gasteiger partial charge in [0.05, 0.1) is 13.0 Å². The maximum atomic E-state index is 12.0. The molecular formula is C14H19F2NO3.